The van der Waals surface area contributed by atoms with Gasteiger partial charge in [-0.3, -0.25) is 14.4 Å². The summed E-state index contributed by atoms with van der Waals surface area (Å²) in [6, 6.07) is 10.5. The number of fused-ring (bicyclic) bond motifs is 1. The molecule has 3 N–H and O–H groups in total. The summed E-state index contributed by atoms with van der Waals surface area (Å²) in [7, 11) is 0. The summed E-state index contributed by atoms with van der Waals surface area (Å²) in [4.78, 5) is 70.4. The first kappa shape index (κ1) is 34.6. The first-order chi connectivity index (χ1) is 22.1. The van der Waals surface area contributed by atoms with Gasteiger partial charge in [0.15, 0.2) is 0 Å². The number of amides is 3. The highest BCUT2D eigenvalue weighted by molar-refractivity contribution is 5.99. The Kier molecular flexibility index (Phi) is 10.6. The number of rotatable bonds is 10. The number of halogens is 1. The van der Waals surface area contributed by atoms with Crippen molar-refractivity contribution in [2.45, 2.75) is 58.3 Å². The molecule has 1 aliphatic rings. The Hall–Kier alpha value is -5.27. The number of benzene rings is 2. The molecule has 4 rings (SSSR count). The van der Waals surface area contributed by atoms with E-state index >= 15 is 0 Å². The fourth-order valence-electron chi connectivity index (χ4n) is 4.96. The topological polar surface area (TPSA) is 176 Å². The average molecular weight is 653 g/mol. The van der Waals surface area contributed by atoms with Crippen LogP contribution in [0.25, 0.3) is 10.9 Å². The highest BCUT2D eigenvalue weighted by atomic mass is 19.1. The van der Waals surface area contributed by atoms with Gasteiger partial charge in [0.25, 0.3) is 5.91 Å². The van der Waals surface area contributed by atoms with Crippen molar-refractivity contribution in [2.24, 2.45) is 0 Å². The van der Waals surface area contributed by atoms with Crippen LogP contribution in [-0.2, 0) is 19.1 Å². The summed E-state index contributed by atoms with van der Waals surface area (Å²) in [5.74, 6) is -4.65. The quantitative estimate of drug-likeness (QED) is 0.291. The highest BCUT2D eigenvalue weighted by Gasteiger charge is 2.33. The summed E-state index contributed by atoms with van der Waals surface area (Å²) >= 11 is 0. The van der Waals surface area contributed by atoms with Crippen LogP contribution in [-0.4, -0.2) is 92.7 Å². The van der Waals surface area contributed by atoms with Gasteiger partial charge in [0, 0.05) is 49.6 Å². The molecule has 13 nitrogen and oxygen atoms in total. The minimum atomic E-state index is -1.51. The molecule has 1 aliphatic heterocycles. The second-order valence-electron chi connectivity index (χ2n) is 12.1. The Balaban J connectivity index is 1.60. The zero-order valence-corrected chi connectivity index (χ0v) is 26.5. The van der Waals surface area contributed by atoms with Crippen molar-refractivity contribution < 1.29 is 48.0 Å². The van der Waals surface area contributed by atoms with Crippen molar-refractivity contribution in [1.82, 2.24) is 20.1 Å². The molecule has 1 aromatic heterocycles. The monoisotopic (exact) mass is 652 g/mol. The first-order valence-corrected chi connectivity index (χ1v) is 15.0. The normalized spacial score (nSPS) is 14.7. The molecule has 0 aliphatic carbocycles. The Bertz CT molecular complexity index is 1670. The molecule has 250 valence electrons. The SMILES string of the molecule is Cc1cc2nc(C(=O)N[C@@H](CCC(=O)O)C(=O)N3CCN(C(=O)OC(C)(C)C)CC3)cc(OC(C(=O)O)c3ccccc3)c2cc1F. The van der Waals surface area contributed by atoms with Gasteiger partial charge in [-0.05, 0) is 51.8 Å². The zero-order valence-electron chi connectivity index (χ0n) is 26.5. The Labute approximate surface area is 270 Å². The van der Waals surface area contributed by atoms with Gasteiger partial charge in [0.1, 0.15) is 28.9 Å². The van der Waals surface area contributed by atoms with Crippen LogP contribution in [0, 0.1) is 12.7 Å². The molecule has 1 saturated heterocycles. The molecular formula is C33H37FN4O9. The van der Waals surface area contributed by atoms with E-state index in [-0.39, 0.29) is 60.5 Å². The van der Waals surface area contributed by atoms with Crippen molar-refractivity contribution in [1.29, 1.82) is 0 Å². The van der Waals surface area contributed by atoms with E-state index in [1.807, 2.05) is 0 Å². The number of carboxylic acids is 2. The fourth-order valence-corrected chi connectivity index (χ4v) is 4.96. The van der Waals surface area contributed by atoms with E-state index in [2.05, 4.69) is 10.3 Å². The predicted octanol–water partition coefficient (Wildman–Crippen LogP) is 3.93. The van der Waals surface area contributed by atoms with Crippen LogP contribution in [0.1, 0.15) is 61.3 Å². The van der Waals surface area contributed by atoms with Crippen molar-refractivity contribution in [3.8, 4) is 5.75 Å². The lowest BCUT2D eigenvalue weighted by Gasteiger charge is -2.37. The maximum atomic E-state index is 14.6. The molecule has 1 unspecified atom stereocenters. The van der Waals surface area contributed by atoms with Gasteiger partial charge in [0.2, 0.25) is 12.0 Å². The third kappa shape index (κ3) is 8.93. The van der Waals surface area contributed by atoms with E-state index < -0.39 is 59.8 Å². The van der Waals surface area contributed by atoms with Crippen molar-refractivity contribution in [3.05, 3.63) is 71.2 Å². The average Bonchev–Trinajstić information content (AvgIpc) is 3.01. The number of pyridine rings is 1. The molecule has 0 bridgehead atoms. The number of hydrogen-bond acceptors (Lipinski definition) is 8. The van der Waals surface area contributed by atoms with Crippen molar-refractivity contribution in [3.63, 3.8) is 0 Å². The van der Waals surface area contributed by atoms with Crippen LogP contribution in [0.15, 0.2) is 48.5 Å². The summed E-state index contributed by atoms with van der Waals surface area (Å²) < 4.78 is 25.9. The molecule has 3 amide bonds. The largest absolute Gasteiger partial charge is 0.481 e. The number of carboxylic acid groups (broad SMARTS) is 2. The minimum absolute atomic E-state index is 0.119. The maximum absolute atomic E-state index is 14.6. The van der Waals surface area contributed by atoms with Gasteiger partial charge in [0.05, 0.1) is 5.52 Å². The number of aryl methyl sites for hydroxylation is 1. The lowest BCUT2D eigenvalue weighted by Crippen LogP contribution is -2.56. The number of aliphatic carboxylic acids is 2. The third-order valence-corrected chi connectivity index (χ3v) is 7.35. The van der Waals surface area contributed by atoms with Crippen molar-refractivity contribution >= 4 is 40.7 Å². The molecule has 2 atom stereocenters. The van der Waals surface area contributed by atoms with E-state index in [9.17, 15) is 38.6 Å². The van der Waals surface area contributed by atoms with Gasteiger partial charge >= 0.3 is 18.0 Å². The summed E-state index contributed by atoms with van der Waals surface area (Å²) in [6.45, 7) is 7.34. The number of nitrogens with zero attached hydrogens (tertiary/aromatic N) is 3. The zero-order chi connectivity index (χ0) is 34.5. The van der Waals surface area contributed by atoms with E-state index in [1.165, 1.54) is 22.8 Å². The second-order valence-corrected chi connectivity index (χ2v) is 12.1. The lowest BCUT2D eigenvalue weighted by atomic mass is 10.1. The van der Waals surface area contributed by atoms with E-state index in [4.69, 9.17) is 9.47 Å². The summed E-state index contributed by atoms with van der Waals surface area (Å²) in [6.07, 6.45) is -2.69. The number of aromatic nitrogens is 1. The smallest absolute Gasteiger partial charge is 0.410 e. The standard InChI is InChI=1S/C33H37FN4O9/c1-19-16-24-21(17-22(19)34)26(46-28(31(43)44)20-8-6-5-7-9-20)18-25(35-24)29(41)36-23(10-11-27(39)40)30(42)37-12-14-38(15-13-37)32(45)47-33(2,3)4/h5-9,16-18,23,28H,10-15H2,1-4H3,(H,36,41)(H,39,40)(H,43,44)/t23-,28?/m0/s1. The van der Waals surface area contributed by atoms with Gasteiger partial charge < -0.3 is 34.8 Å². The molecule has 0 spiro atoms. The molecular weight excluding hydrogens is 615 g/mol. The number of carbonyl (C=O) groups excluding carboxylic acids is 3. The highest BCUT2D eigenvalue weighted by Crippen LogP contribution is 2.32. The molecule has 1 fully saturated rings. The number of carbonyl (C=O) groups is 5. The molecule has 2 aromatic carbocycles. The maximum Gasteiger partial charge on any atom is 0.410 e. The molecule has 2 heterocycles. The van der Waals surface area contributed by atoms with Crippen LogP contribution in [0.3, 0.4) is 0 Å². The van der Waals surface area contributed by atoms with Crippen LogP contribution < -0.4 is 10.1 Å². The third-order valence-electron chi connectivity index (χ3n) is 7.35. The Morgan fingerprint density at radius 1 is 0.979 bits per heavy atom. The van der Waals surface area contributed by atoms with Crippen LogP contribution in [0.4, 0.5) is 9.18 Å². The Morgan fingerprint density at radius 3 is 2.21 bits per heavy atom. The fraction of sp³-hybridized carbons (Fsp3) is 0.394. The molecule has 47 heavy (non-hydrogen) atoms. The van der Waals surface area contributed by atoms with Crippen molar-refractivity contribution in [2.75, 3.05) is 26.2 Å². The number of ether oxygens (including phenoxy) is 2. The Morgan fingerprint density at radius 2 is 1.62 bits per heavy atom. The second kappa shape index (κ2) is 14.4. The molecule has 0 saturated carbocycles. The number of nitrogens with one attached hydrogen (secondary N) is 1. The van der Waals surface area contributed by atoms with Gasteiger partial charge in [-0.25, -0.2) is 19.0 Å². The predicted molar refractivity (Wildman–Crippen MR) is 166 cm³/mol. The van der Waals surface area contributed by atoms with Crippen LogP contribution in [0.2, 0.25) is 0 Å². The first-order valence-electron chi connectivity index (χ1n) is 15.0. The van der Waals surface area contributed by atoms with Crippen LogP contribution >= 0.6 is 0 Å². The molecule has 3 aromatic rings. The van der Waals surface area contributed by atoms with Gasteiger partial charge in [-0.15, -0.1) is 0 Å². The summed E-state index contributed by atoms with van der Waals surface area (Å²) in [5, 5.41) is 21.9. The van der Waals surface area contributed by atoms with Gasteiger partial charge in [-0.2, -0.15) is 0 Å². The molecule has 14 heteroatoms. The minimum Gasteiger partial charge on any atom is -0.481 e. The van der Waals surface area contributed by atoms with Crippen LogP contribution in [0.5, 0.6) is 5.75 Å². The lowest BCUT2D eigenvalue weighted by molar-refractivity contribution is -0.145. The van der Waals surface area contributed by atoms with E-state index in [0.717, 1.165) is 12.1 Å². The van der Waals surface area contributed by atoms with E-state index in [0.29, 0.717) is 5.56 Å². The summed E-state index contributed by atoms with van der Waals surface area (Å²) in [5.41, 5.74) is -0.309. The number of piperazine rings is 1. The van der Waals surface area contributed by atoms with E-state index in [1.54, 1.807) is 51.1 Å². The number of hydrogen-bond donors (Lipinski definition) is 3. The molecule has 0 radical (unpaired) electrons. The van der Waals surface area contributed by atoms with Gasteiger partial charge in [-0.1, -0.05) is 30.3 Å².